The van der Waals surface area contributed by atoms with Crippen LogP contribution in [0.3, 0.4) is 0 Å². The maximum atomic E-state index is 13.6. The third-order valence-corrected chi connectivity index (χ3v) is 5.25. The van der Waals surface area contributed by atoms with Crippen LogP contribution < -0.4 is 4.74 Å². The Labute approximate surface area is 182 Å². The van der Waals surface area contributed by atoms with Crippen molar-refractivity contribution in [3.8, 4) is 5.75 Å². The second-order valence-electron chi connectivity index (χ2n) is 6.50. The number of hydrogen-bond donors (Lipinski definition) is 0. The summed E-state index contributed by atoms with van der Waals surface area (Å²) in [6, 6.07) is 7.37. The van der Waals surface area contributed by atoms with E-state index in [-0.39, 0.29) is 5.75 Å². The Morgan fingerprint density at radius 1 is 0.647 bits per heavy atom. The zero-order valence-electron chi connectivity index (χ0n) is 16.2. The van der Waals surface area contributed by atoms with Gasteiger partial charge in [-0.25, -0.2) is 0 Å². The van der Waals surface area contributed by atoms with Gasteiger partial charge < -0.3 is 4.74 Å². The van der Waals surface area contributed by atoms with Crippen LogP contribution in [-0.4, -0.2) is 63.2 Å². The van der Waals surface area contributed by atoms with Gasteiger partial charge in [0, 0.05) is 6.42 Å². The smallest absolute Gasteiger partial charge is 0.460 e. The summed E-state index contributed by atoms with van der Waals surface area (Å²) in [6.45, 7) is -1.46. The van der Waals surface area contributed by atoms with E-state index in [1.165, 1.54) is 24.3 Å². The lowest BCUT2D eigenvalue weighted by atomic mass is 9.93. The van der Waals surface area contributed by atoms with Crippen LogP contribution in [0.4, 0.5) is 57.1 Å². The Bertz CT molecular complexity index is 915. The highest BCUT2D eigenvalue weighted by Gasteiger charge is 2.90. The van der Waals surface area contributed by atoms with Crippen LogP contribution in [0, 0.1) is 0 Å². The molecule has 198 valence electrons. The van der Waals surface area contributed by atoms with Crippen LogP contribution in [0.1, 0.15) is 6.42 Å². The summed E-state index contributed by atoms with van der Waals surface area (Å²) in [5.74, 6) is -40.0. The van der Waals surface area contributed by atoms with Crippen molar-refractivity contribution in [3.05, 3.63) is 30.3 Å². The standard InChI is InChI=1S/C16H13F13O4S/c17-11(18,6-9-34(30,31)33-8-7-32-10-4-2-1-3-5-10)12(19,20)13(21,22)14(23,24)15(25,26)16(27,28)29/h1-5H,6-9H2. The molecule has 0 saturated heterocycles. The first kappa shape index (κ1) is 30.1. The van der Waals surface area contributed by atoms with Gasteiger partial charge in [0.25, 0.3) is 10.1 Å². The molecule has 0 aliphatic heterocycles. The summed E-state index contributed by atoms with van der Waals surface area (Å²) in [6.07, 6.45) is -10.4. The number of alkyl halides is 13. The molecule has 0 N–H and O–H groups in total. The fourth-order valence-electron chi connectivity index (χ4n) is 2.11. The van der Waals surface area contributed by atoms with Gasteiger partial charge in [0.1, 0.15) is 19.0 Å². The molecule has 0 atom stereocenters. The van der Waals surface area contributed by atoms with Crippen LogP contribution in [0.5, 0.6) is 5.75 Å². The van der Waals surface area contributed by atoms with Crippen molar-refractivity contribution in [3.63, 3.8) is 0 Å². The topological polar surface area (TPSA) is 52.6 Å². The molecule has 18 heteroatoms. The maximum absolute atomic E-state index is 13.6. The first-order chi connectivity index (χ1) is 15.0. The van der Waals surface area contributed by atoms with Gasteiger partial charge in [0.15, 0.2) is 0 Å². The number of hydrogen-bond acceptors (Lipinski definition) is 4. The molecule has 0 bridgehead atoms. The van der Waals surface area contributed by atoms with Crippen molar-refractivity contribution >= 4 is 10.1 Å². The lowest BCUT2D eigenvalue weighted by Crippen LogP contribution is -2.70. The molecule has 1 rings (SSSR count). The summed E-state index contributed by atoms with van der Waals surface area (Å²) in [4.78, 5) is 0. The predicted octanol–water partition coefficient (Wildman–Crippen LogP) is 5.54. The largest absolute Gasteiger partial charge is 0.491 e. The molecule has 0 aromatic heterocycles. The summed E-state index contributed by atoms with van der Waals surface area (Å²) >= 11 is 0. The van der Waals surface area contributed by atoms with Crippen molar-refractivity contribution in [2.75, 3.05) is 19.0 Å². The molecule has 0 saturated carbocycles. The molecule has 0 fully saturated rings. The van der Waals surface area contributed by atoms with E-state index in [0.717, 1.165) is 0 Å². The normalized spacial score (nSPS) is 14.9. The minimum Gasteiger partial charge on any atom is -0.491 e. The number of halogens is 13. The summed E-state index contributed by atoms with van der Waals surface area (Å²) < 4.78 is 201. The van der Waals surface area contributed by atoms with Crippen LogP contribution in [0.25, 0.3) is 0 Å². The van der Waals surface area contributed by atoms with Gasteiger partial charge in [-0.3, -0.25) is 4.18 Å². The quantitative estimate of drug-likeness (QED) is 0.196. The average molecular weight is 548 g/mol. The molecule has 0 heterocycles. The molecule has 34 heavy (non-hydrogen) atoms. The molecular weight excluding hydrogens is 535 g/mol. The SMILES string of the molecule is O=S(=O)(CCC(F)(F)C(F)(F)C(F)(F)C(F)(F)C(F)(F)C(F)(F)F)OCCOc1ccccc1. The van der Waals surface area contributed by atoms with Gasteiger partial charge >= 0.3 is 35.8 Å². The summed E-state index contributed by atoms with van der Waals surface area (Å²) in [5, 5.41) is 0. The molecule has 0 radical (unpaired) electrons. The predicted molar refractivity (Wildman–Crippen MR) is 87.1 cm³/mol. The molecular formula is C16H13F13O4S. The molecule has 1 aromatic rings. The van der Waals surface area contributed by atoms with E-state index >= 15 is 0 Å². The molecule has 0 aliphatic carbocycles. The van der Waals surface area contributed by atoms with Crippen molar-refractivity contribution < 1.29 is 74.4 Å². The zero-order valence-corrected chi connectivity index (χ0v) is 17.0. The highest BCUT2D eigenvalue weighted by Crippen LogP contribution is 2.60. The highest BCUT2D eigenvalue weighted by molar-refractivity contribution is 7.86. The number of ether oxygens (including phenoxy) is 1. The molecule has 1 aromatic carbocycles. The first-order valence-corrected chi connectivity index (χ1v) is 10.1. The molecule has 0 unspecified atom stereocenters. The third-order valence-electron chi connectivity index (χ3n) is 4.02. The lowest BCUT2D eigenvalue weighted by Gasteiger charge is -2.39. The van der Waals surface area contributed by atoms with E-state index in [2.05, 4.69) is 4.18 Å². The van der Waals surface area contributed by atoms with Gasteiger partial charge in [-0.15, -0.1) is 0 Å². The minimum atomic E-state index is -8.05. The second kappa shape index (κ2) is 9.58. The van der Waals surface area contributed by atoms with Gasteiger partial charge in [-0.2, -0.15) is 65.5 Å². The van der Waals surface area contributed by atoms with Crippen LogP contribution in [-0.2, 0) is 14.3 Å². The van der Waals surface area contributed by atoms with Gasteiger partial charge in [0.2, 0.25) is 0 Å². The number of rotatable bonds is 12. The zero-order chi connectivity index (χ0) is 26.9. The minimum absolute atomic E-state index is 0.188. The Kier molecular flexibility index (Phi) is 8.47. The second-order valence-corrected chi connectivity index (χ2v) is 8.25. The first-order valence-electron chi connectivity index (χ1n) is 8.54. The Morgan fingerprint density at radius 3 is 1.59 bits per heavy atom. The monoisotopic (exact) mass is 548 g/mol. The van der Waals surface area contributed by atoms with E-state index in [1.54, 1.807) is 6.07 Å². The Hall–Kier alpha value is -1.98. The number of para-hydroxylation sites is 1. The summed E-state index contributed by atoms with van der Waals surface area (Å²) in [7, 11) is -5.22. The van der Waals surface area contributed by atoms with Crippen LogP contribution >= 0.6 is 0 Å². The fourth-order valence-corrected chi connectivity index (χ4v) is 3.05. The molecule has 0 spiro atoms. The van der Waals surface area contributed by atoms with E-state index in [9.17, 15) is 65.5 Å². The van der Waals surface area contributed by atoms with Gasteiger partial charge in [-0.05, 0) is 12.1 Å². The van der Waals surface area contributed by atoms with E-state index in [4.69, 9.17) is 4.74 Å². The fraction of sp³-hybridized carbons (Fsp3) is 0.625. The lowest BCUT2D eigenvalue weighted by molar-refractivity contribution is -0.439. The van der Waals surface area contributed by atoms with Crippen molar-refractivity contribution in [1.82, 2.24) is 0 Å². The Balaban J connectivity index is 2.92. The molecule has 0 aliphatic rings. The number of benzene rings is 1. The highest BCUT2D eigenvalue weighted by atomic mass is 32.2. The average Bonchev–Trinajstić information content (AvgIpc) is 2.69. The third kappa shape index (κ3) is 5.80. The van der Waals surface area contributed by atoms with Gasteiger partial charge in [-0.1, -0.05) is 18.2 Å². The van der Waals surface area contributed by atoms with E-state index in [0.29, 0.717) is 0 Å². The molecule has 0 amide bonds. The van der Waals surface area contributed by atoms with E-state index < -0.39 is 71.3 Å². The van der Waals surface area contributed by atoms with Crippen LogP contribution in [0.2, 0.25) is 0 Å². The van der Waals surface area contributed by atoms with Gasteiger partial charge in [0.05, 0.1) is 5.75 Å². The van der Waals surface area contributed by atoms with Crippen molar-refractivity contribution in [1.29, 1.82) is 0 Å². The van der Waals surface area contributed by atoms with E-state index in [1.807, 2.05) is 0 Å². The maximum Gasteiger partial charge on any atom is 0.460 e. The van der Waals surface area contributed by atoms with Crippen molar-refractivity contribution in [2.45, 2.75) is 42.2 Å². The molecule has 4 nitrogen and oxygen atoms in total. The van der Waals surface area contributed by atoms with Crippen LogP contribution in [0.15, 0.2) is 30.3 Å². The Morgan fingerprint density at radius 2 is 1.12 bits per heavy atom. The van der Waals surface area contributed by atoms with Crippen molar-refractivity contribution in [2.24, 2.45) is 0 Å². The summed E-state index contributed by atoms with van der Waals surface area (Å²) in [5.41, 5.74) is 0.